The van der Waals surface area contributed by atoms with Crippen molar-refractivity contribution in [2.75, 3.05) is 13.2 Å². The molecule has 0 fully saturated rings. The molecule has 0 saturated carbocycles. The number of ether oxygens (including phenoxy) is 3. The van der Waals surface area contributed by atoms with E-state index in [9.17, 15) is 14.4 Å². The minimum Gasteiger partial charge on any atom is -0.462 e. The van der Waals surface area contributed by atoms with Crippen LogP contribution in [-0.2, 0) is 28.6 Å². The average Bonchev–Trinajstić information content (AvgIpc) is 3.11. The van der Waals surface area contributed by atoms with E-state index in [0.29, 0.717) is 19.3 Å². The molecule has 6 nitrogen and oxygen atoms in total. The molecule has 1 unspecified atom stereocenters. The van der Waals surface area contributed by atoms with Crippen molar-refractivity contribution >= 4 is 17.9 Å². The molecule has 0 spiro atoms. The van der Waals surface area contributed by atoms with Gasteiger partial charge in [-0.1, -0.05) is 207 Å². The lowest BCUT2D eigenvalue weighted by Gasteiger charge is -2.18. The fraction of sp³-hybridized carbons (Fsp3) is 0.932. The number of esters is 3. The van der Waals surface area contributed by atoms with Gasteiger partial charge in [0.2, 0.25) is 0 Å². The van der Waals surface area contributed by atoms with Crippen molar-refractivity contribution in [1.82, 2.24) is 0 Å². The van der Waals surface area contributed by atoms with Crippen molar-refractivity contribution in [2.45, 2.75) is 252 Å². The Labute approximate surface area is 310 Å². The lowest BCUT2D eigenvalue weighted by molar-refractivity contribution is -0.167. The second-order valence-electron chi connectivity index (χ2n) is 15.0. The summed E-state index contributed by atoms with van der Waals surface area (Å²) in [4.78, 5) is 37.6. The first-order chi connectivity index (χ1) is 24.5. The normalized spacial score (nSPS) is 11.8. The molecule has 0 aliphatic heterocycles. The summed E-state index contributed by atoms with van der Waals surface area (Å²) in [5.74, 6) is -0.856. The summed E-state index contributed by atoms with van der Waals surface area (Å²) in [6, 6.07) is 0. The van der Waals surface area contributed by atoms with E-state index in [0.717, 1.165) is 57.8 Å². The second-order valence-corrected chi connectivity index (χ2v) is 15.0. The maximum absolute atomic E-state index is 12.7. The van der Waals surface area contributed by atoms with E-state index in [2.05, 4.69) is 20.8 Å². The van der Waals surface area contributed by atoms with Crippen molar-refractivity contribution in [1.29, 1.82) is 0 Å². The van der Waals surface area contributed by atoms with Gasteiger partial charge in [-0.25, -0.2) is 0 Å². The largest absolute Gasteiger partial charge is 0.462 e. The van der Waals surface area contributed by atoms with Crippen LogP contribution in [0.3, 0.4) is 0 Å². The Morgan fingerprint density at radius 3 is 0.800 bits per heavy atom. The Bertz CT molecular complexity index is 738. The highest BCUT2D eigenvalue weighted by molar-refractivity contribution is 5.71. The molecule has 0 amide bonds. The minimum atomic E-state index is -0.756. The van der Waals surface area contributed by atoms with Crippen LogP contribution in [0.15, 0.2) is 0 Å². The maximum atomic E-state index is 12.7. The molecule has 0 rings (SSSR count). The highest BCUT2D eigenvalue weighted by atomic mass is 16.6. The van der Waals surface area contributed by atoms with Gasteiger partial charge in [0.1, 0.15) is 13.2 Å². The molecule has 0 aromatic rings. The van der Waals surface area contributed by atoms with Crippen LogP contribution in [0, 0.1) is 0 Å². The highest BCUT2D eigenvalue weighted by Crippen LogP contribution is 2.15. The van der Waals surface area contributed by atoms with E-state index in [1.54, 1.807) is 0 Å². The first-order valence-corrected chi connectivity index (χ1v) is 22.0. The Morgan fingerprint density at radius 2 is 0.540 bits per heavy atom. The molecule has 0 bridgehead atoms. The molecular formula is C44H84O6. The molecule has 0 saturated heterocycles. The zero-order chi connectivity index (χ0) is 36.6. The van der Waals surface area contributed by atoms with Gasteiger partial charge in [0.05, 0.1) is 0 Å². The van der Waals surface area contributed by atoms with E-state index >= 15 is 0 Å². The van der Waals surface area contributed by atoms with Crippen molar-refractivity contribution in [2.24, 2.45) is 0 Å². The van der Waals surface area contributed by atoms with Crippen LogP contribution in [0.5, 0.6) is 0 Å². The van der Waals surface area contributed by atoms with Gasteiger partial charge in [0.25, 0.3) is 0 Å². The van der Waals surface area contributed by atoms with Gasteiger partial charge in [0.15, 0.2) is 6.10 Å². The monoisotopic (exact) mass is 709 g/mol. The first-order valence-electron chi connectivity index (χ1n) is 22.0. The summed E-state index contributed by atoms with van der Waals surface area (Å²) in [5.41, 5.74) is 0. The van der Waals surface area contributed by atoms with Crippen molar-refractivity contribution in [3.63, 3.8) is 0 Å². The molecule has 0 N–H and O–H groups in total. The van der Waals surface area contributed by atoms with Gasteiger partial charge in [0, 0.05) is 19.3 Å². The summed E-state index contributed by atoms with van der Waals surface area (Å²) in [7, 11) is 0. The third-order valence-corrected chi connectivity index (χ3v) is 9.86. The van der Waals surface area contributed by atoms with E-state index in [1.165, 1.54) is 148 Å². The van der Waals surface area contributed by atoms with Crippen molar-refractivity contribution in [3.05, 3.63) is 0 Å². The summed E-state index contributed by atoms with van der Waals surface area (Å²) in [6.45, 7) is 6.62. The molecule has 50 heavy (non-hydrogen) atoms. The van der Waals surface area contributed by atoms with E-state index in [-0.39, 0.29) is 31.1 Å². The van der Waals surface area contributed by atoms with Gasteiger partial charge in [-0.05, 0) is 19.3 Å². The lowest BCUT2D eigenvalue weighted by atomic mass is 10.1. The summed E-state index contributed by atoms with van der Waals surface area (Å²) in [6.07, 6.45) is 39.3. The molecule has 0 aliphatic carbocycles. The summed E-state index contributed by atoms with van der Waals surface area (Å²) >= 11 is 0. The molecule has 0 heterocycles. The predicted molar refractivity (Wildman–Crippen MR) is 210 cm³/mol. The zero-order valence-electron chi connectivity index (χ0n) is 33.7. The molecule has 1 atom stereocenters. The van der Waals surface area contributed by atoms with Crippen LogP contribution in [0.25, 0.3) is 0 Å². The molecular weight excluding hydrogens is 624 g/mol. The number of rotatable bonds is 40. The highest BCUT2D eigenvalue weighted by Gasteiger charge is 2.19. The van der Waals surface area contributed by atoms with Crippen LogP contribution in [0.2, 0.25) is 0 Å². The van der Waals surface area contributed by atoms with Gasteiger partial charge in [-0.3, -0.25) is 14.4 Å². The number of carbonyl (C=O) groups excluding carboxylic acids is 3. The molecule has 0 aliphatic rings. The molecule has 0 aromatic carbocycles. The van der Waals surface area contributed by atoms with Crippen LogP contribution < -0.4 is 0 Å². The fourth-order valence-electron chi connectivity index (χ4n) is 6.50. The van der Waals surface area contributed by atoms with E-state index in [1.807, 2.05) is 0 Å². The predicted octanol–water partition coefficient (Wildman–Crippen LogP) is 13.7. The third kappa shape index (κ3) is 37.7. The Kier molecular flexibility index (Phi) is 38.9. The molecule has 6 heteroatoms. The maximum Gasteiger partial charge on any atom is 0.306 e. The van der Waals surface area contributed by atoms with Crippen LogP contribution >= 0.6 is 0 Å². The van der Waals surface area contributed by atoms with Crippen LogP contribution in [-0.4, -0.2) is 37.2 Å². The number of carbonyl (C=O) groups is 3. The van der Waals surface area contributed by atoms with Gasteiger partial charge < -0.3 is 14.2 Å². The van der Waals surface area contributed by atoms with Crippen LogP contribution in [0.4, 0.5) is 0 Å². The van der Waals surface area contributed by atoms with Crippen molar-refractivity contribution in [3.8, 4) is 0 Å². The van der Waals surface area contributed by atoms with E-state index < -0.39 is 6.10 Å². The molecule has 296 valence electrons. The number of unbranched alkanes of at least 4 members (excludes halogenated alkanes) is 29. The topological polar surface area (TPSA) is 78.9 Å². The van der Waals surface area contributed by atoms with Gasteiger partial charge in [-0.15, -0.1) is 0 Å². The molecule has 0 aromatic heterocycles. The summed E-state index contributed by atoms with van der Waals surface area (Å²) in [5, 5.41) is 0. The Balaban J connectivity index is 4.33. The number of hydrogen-bond acceptors (Lipinski definition) is 6. The zero-order valence-corrected chi connectivity index (χ0v) is 33.7. The molecule has 0 radical (unpaired) electrons. The quantitative estimate of drug-likeness (QED) is 0.0358. The SMILES string of the molecule is CCCCCCCCCCCCCC(=O)OCC(COC(=O)CCCCCCCCCCCC)OC(=O)CCCCCCCCCCCCC. The first kappa shape index (κ1) is 48.4. The van der Waals surface area contributed by atoms with Crippen molar-refractivity contribution < 1.29 is 28.6 Å². The van der Waals surface area contributed by atoms with Gasteiger partial charge in [-0.2, -0.15) is 0 Å². The van der Waals surface area contributed by atoms with Crippen LogP contribution in [0.1, 0.15) is 245 Å². The second kappa shape index (κ2) is 40.2. The third-order valence-electron chi connectivity index (χ3n) is 9.86. The number of hydrogen-bond donors (Lipinski definition) is 0. The Morgan fingerprint density at radius 1 is 0.320 bits per heavy atom. The standard InChI is InChI=1S/C44H84O6/c1-4-7-10-13-16-19-22-25-28-31-34-37-43(46)49-40-41(39-48-42(45)36-33-30-27-24-21-18-15-12-9-6-3)50-44(47)38-35-32-29-26-23-20-17-14-11-8-5-2/h41H,4-40H2,1-3H3. The lowest BCUT2D eigenvalue weighted by Crippen LogP contribution is -2.30. The van der Waals surface area contributed by atoms with Gasteiger partial charge >= 0.3 is 17.9 Å². The Hall–Kier alpha value is -1.59. The average molecular weight is 709 g/mol. The smallest absolute Gasteiger partial charge is 0.306 e. The fourth-order valence-corrected chi connectivity index (χ4v) is 6.50. The summed E-state index contributed by atoms with van der Waals surface area (Å²) < 4.78 is 16.7. The minimum absolute atomic E-state index is 0.0631. The van der Waals surface area contributed by atoms with E-state index in [4.69, 9.17) is 14.2 Å².